The molecule has 0 aromatic rings. The number of hydrogen-bond donors (Lipinski definition) is 1. The summed E-state index contributed by atoms with van der Waals surface area (Å²) in [6, 6.07) is 0. The topological polar surface area (TPSA) is 46.5 Å². The summed E-state index contributed by atoms with van der Waals surface area (Å²) in [5.74, 6) is -0.250. The molecule has 1 unspecified atom stereocenters. The molecule has 164 valence electrons. The van der Waals surface area contributed by atoms with Crippen LogP contribution in [0.25, 0.3) is 0 Å². The number of carbonyl (C=O) groups excluding carboxylic acids is 1. The highest BCUT2D eigenvalue weighted by atomic mass is 16.5. The van der Waals surface area contributed by atoms with Gasteiger partial charge in [-0.3, -0.25) is 4.79 Å². The van der Waals surface area contributed by atoms with E-state index in [9.17, 15) is 9.90 Å². The van der Waals surface area contributed by atoms with Crippen molar-refractivity contribution >= 4 is 5.97 Å². The number of unbranched alkanes of at least 4 members (excludes halogenated alkanes) is 3. The minimum Gasteiger partial charge on any atom is -0.463 e. The molecule has 0 fully saturated rings. The van der Waals surface area contributed by atoms with Crippen molar-refractivity contribution in [2.24, 2.45) is 0 Å². The van der Waals surface area contributed by atoms with E-state index >= 15 is 0 Å². The van der Waals surface area contributed by atoms with Crippen molar-refractivity contribution in [3.63, 3.8) is 0 Å². The summed E-state index contributed by atoms with van der Waals surface area (Å²) < 4.78 is 4.98. The fourth-order valence-electron chi connectivity index (χ4n) is 2.41. The monoisotopic (exact) mass is 402 g/mol. The van der Waals surface area contributed by atoms with Crippen molar-refractivity contribution in [3.05, 3.63) is 60.8 Å². The number of esters is 1. The van der Waals surface area contributed by atoms with E-state index in [4.69, 9.17) is 4.74 Å². The molecule has 1 N–H and O–H groups in total. The summed E-state index contributed by atoms with van der Waals surface area (Å²) >= 11 is 0. The Morgan fingerprint density at radius 2 is 1.24 bits per heavy atom. The molecule has 1 atom stereocenters. The van der Waals surface area contributed by atoms with E-state index < -0.39 is 6.10 Å². The molecule has 29 heavy (non-hydrogen) atoms. The van der Waals surface area contributed by atoms with E-state index in [1.54, 1.807) is 0 Å². The van der Waals surface area contributed by atoms with Crippen LogP contribution < -0.4 is 0 Å². The molecule has 0 saturated heterocycles. The first-order valence-electron chi connectivity index (χ1n) is 11.3. The average molecular weight is 403 g/mol. The first-order chi connectivity index (χ1) is 14.2. The molecule has 0 saturated carbocycles. The van der Waals surface area contributed by atoms with Gasteiger partial charge in [0.1, 0.15) is 6.61 Å². The Balaban J connectivity index is 3.55. The third-order valence-electron chi connectivity index (χ3n) is 4.32. The molecule has 0 bridgehead atoms. The first kappa shape index (κ1) is 27.1. The van der Waals surface area contributed by atoms with Crippen LogP contribution in [0.15, 0.2) is 60.8 Å². The van der Waals surface area contributed by atoms with Gasteiger partial charge in [0.25, 0.3) is 0 Å². The number of rotatable bonds is 18. The minimum absolute atomic E-state index is 0.0985. The highest BCUT2D eigenvalue weighted by molar-refractivity contribution is 5.69. The Hall–Kier alpha value is -1.87. The second-order valence-corrected chi connectivity index (χ2v) is 7.08. The quantitative estimate of drug-likeness (QED) is 0.152. The molecule has 0 aliphatic rings. The maximum Gasteiger partial charge on any atom is 0.306 e. The van der Waals surface area contributed by atoms with Gasteiger partial charge in [-0.1, -0.05) is 87.4 Å². The number of aliphatic hydroxyl groups excluding tert-OH is 1. The zero-order valence-corrected chi connectivity index (χ0v) is 18.6. The van der Waals surface area contributed by atoms with Crippen molar-refractivity contribution in [2.45, 2.75) is 90.6 Å². The summed E-state index contributed by atoms with van der Waals surface area (Å²) in [5, 5.41) is 9.33. The fourth-order valence-corrected chi connectivity index (χ4v) is 2.41. The molecular formula is C26H42O3. The number of aliphatic hydroxyl groups is 1. The zero-order chi connectivity index (χ0) is 21.4. The van der Waals surface area contributed by atoms with Gasteiger partial charge in [-0.25, -0.2) is 0 Å². The van der Waals surface area contributed by atoms with Crippen LogP contribution in [0.1, 0.15) is 84.5 Å². The Bertz CT molecular complexity index is 512. The van der Waals surface area contributed by atoms with Crippen LogP contribution in [0.4, 0.5) is 0 Å². The van der Waals surface area contributed by atoms with Gasteiger partial charge in [-0.05, 0) is 51.4 Å². The summed E-state index contributed by atoms with van der Waals surface area (Å²) in [6.45, 7) is 4.19. The number of allylic oxidation sites excluding steroid dienone is 10. The van der Waals surface area contributed by atoms with Gasteiger partial charge in [-0.2, -0.15) is 0 Å². The highest BCUT2D eigenvalue weighted by Gasteiger charge is 2.05. The molecule has 3 nitrogen and oxygen atoms in total. The van der Waals surface area contributed by atoms with Crippen LogP contribution in [0.2, 0.25) is 0 Å². The van der Waals surface area contributed by atoms with Crippen LogP contribution in [0.3, 0.4) is 0 Å². The van der Waals surface area contributed by atoms with E-state index in [1.807, 2.05) is 13.0 Å². The standard InChI is InChI=1S/C26H42O3/c1-3-5-6-7-8-9-10-11-12-13-14-15-16-17-18-19-20-21-22-23-26(28)29-24-25(27)4-2/h8-9,11-12,14-15,17-18,20-21,25,27H,3-7,10,13,16,19,22-24H2,1-2H3/b9-8-,12-11-,15-14-,18-17-,21-20-. The molecule has 0 aliphatic heterocycles. The maximum absolute atomic E-state index is 11.4. The van der Waals surface area contributed by atoms with Gasteiger partial charge in [0, 0.05) is 6.42 Å². The van der Waals surface area contributed by atoms with Crippen LogP contribution in [-0.4, -0.2) is 23.8 Å². The van der Waals surface area contributed by atoms with E-state index in [0.29, 0.717) is 19.3 Å². The van der Waals surface area contributed by atoms with Crippen molar-refractivity contribution in [3.8, 4) is 0 Å². The smallest absolute Gasteiger partial charge is 0.306 e. The fraction of sp³-hybridized carbons (Fsp3) is 0.577. The van der Waals surface area contributed by atoms with Gasteiger partial charge in [-0.15, -0.1) is 0 Å². The van der Waals surface area contributed by atoms with E-state index in [1.165, 1.54) is 25.7 Å². The maximum atomic E-state index is 11.4. The predicted octanol–water partition coefficient (Wildman–Crippen LogP) is 7.00. The van der Waals surface area contributed by atoms with Crippen molar-refractivity contribution in [1.29, 1.82) is 0 Å². The first-order valence-corrected chi connectivity index (χ1v) is 11.3. The van der Waals surface area contributed by atoms with E-state index in [2.05, 4.69) is 61.6 Å². The molecule has 0 rings (SSSR count). The lowest BCUT2D eigenvalue weighted by atomic mass is 10.2. The Morgan fingerprint density at radius 1 is 0.759 bits per heavy atom. The molecule has 0 aromatic carbocycles. The lowest BCUT2D eigenvalue weighted by Gasteiger charge is -2.07. The van der Waals surface area contributed by atoms with Gasteiger partial charge in [0.05, 0.1) is 6.10 Å². The largest absolute Gasteiger partial charge is 0.463 e. The molecule has 0 spiro atoms. The molecule has 0 aromatic heterocycles. The van der Waals surface area contributed by atoms with Crippen LogP contribution in [0.5, 0.6) is 0 Å². The summed E-state index contributed by atoms with van der Waals surface area (Å²) in [6.07, 6.45) is 31.8. The van der Waals surface area contributed by atoms with Crippen molar-refractivity contribution < 1.29 is 14.6 Å². The van der Waals surface area contributed by atoms with E-state index in [0.717, 1.165) is 25.7 Å². The van der Waals surface area contributed by atoms with Crippen LogP contribution in [0, 0.1) is 0 Å². The SMILES string of the molecule is CCCCC/C=C\C/C=C\C/C=C\C/C=C\C/C=C\CCC(=O)OCC(O)CC. The van der Waals surface area contributed by atoms with Crippen molar-refractivity contribution in [1.82, 2.24) is 0 Å². The predicted molar refractivity (Wildman–Crippen MR) is 125 cm³/mol. The molecule has 0 heterocycles. The Kier molecular flexibility index (Phi) is 21.0. The summed E-state index contributed by atoms with van der Waals surface area (Å²) in [4.78, 5) is 11.4. The molecule has 0 radical (unpaired) electrons. The van der Waals surface area contributed by atoms with Gasteiger partial charge in [0.2, 0.25) is 0 Å². The number of carbonyl (C=O) groups is 1. The van der Waals surface area contributed by atoms with E-state index in [-0.39, 0.29) is 12.6 Å². The molecule has 3 heteroatoms. The molecular weight excluding hydrogens is 360 g/mol. The summed E-state index contributed by atoms with van der Waals surface area (Å²) in [5.41, 5.74) is 0. The number of ether oxygens (including phenoxy) is 1. The average Bonchev–Trinajstić information content (AvgIpc) is 2.73. The zero-order valence-electron chi connectivity index (χ0n) is 18.6. The summed E-state index contributed by atoms with van der Waals surface area (Å²) in [7, 11) is 0. The second kappa shape index (κ2) is 22.4. The van der Waals surface area contributed by atoms with Crippen LogP contribution >= 0.6 is 0 Å². The molecule has 0 amide bonds. The highest BCUT2D eigenvalue weighted by Crippen LogP contribution is 2.01. The molecule has 0 aliphatic carbocycles. The lowest BCUT2D eigenvalue weighted by molar-refractivity contribution is -0.146. The van der Waals surface area contributed by atoms with Gasteiger partial charge >= 0.3 is 5.97 Å². The van der Waals surface area contributed by atoms with Gasteiger partial charge < -0.3 is 9.84 Å². The van der Waals surface area contributed by atoms with Crippen molar-refractivity contribution in [2.75, 3.05) is 6.61 Å². The Labute approximate surface area is 178 Å². The third kappa shape index (κ3) is 22.3. The van der Waals surface area contributed by atoms with Gasteiger partial charge in [0.15, 0.2) is 0 Å². The third-order valence-corrected chi connectivity index (χ3v) is 4.32. The normalized spacial score (nSPS) is 13.6. The number of hydrogen-bond acceptors (Lipinski definition) is 3. The minimum atomic E-state index is -0.549. The Morgan fingerprint density at radius 3 is 1.72 bits per heavy atom. The van der Waals surface area contributed by atoms with Crippen LogP contribution in [-0.2, 0) is 9.53 Å². The second-order valence-electron chi connectivity index (χ2n) is 7.08. The lowest BCUT2D eigenvalue weighted by Crippen LogP contribution is -2.17.